The van der Waals surface area contributed by atoms with Crippen LogP contribution in [0.25, 0.3) is 5.69 Å². The van der Waals surface area contributed by atoms with Crippen molar-refractivity contribution in [2.75, 3.05) is 11.5 Å². The molecule has 0 radical (unpaired) electrons. The predicted molar refractivity (Wildman–Crippen MR) is 91.7 cm³/mol. The fraction of sp³-hybridized carbons (Fsp3) is 0.118. The Morgan fingerprint density at radius 3 is 2.64 bits per heavy atom. The van der Waals surface area contributed by atoms with Crippen LogP contribution in [0.3, 0.4) is 0 Å². The molecule has 0 spiro atoms. The van der Waals surface area contributed by atoms with E-state index in [4.69, 9.17) is 9.47 Å². The van der Waals surface area contributed by atoms with E-state index < -0.39 is 10.0 Å². The summed E-state index contributed by atoms with van der Waals surface area (Å²) in [4.78, 5) is 0.119. The number of nitrogens with one attached hydrogen (secondary N) is 1. The van der Waals surface area contributed by atoms with Gasteiger partial charge in [-0.05, 0) is 31.2 Å². The highest BCUT2D eigenvalue weighted by atomic mass is 32.2. The predicted octanol–water partition coefficient (Wildman–Crippen LogP) is 2.71. The van der Waals surface area contributed by atoms with Gasteiger partial charge in [0.2, 0.25) is 6.79 Å². The Morgan fingerprint density at radius 1 is 1.08 bits per heavy atom. The highest BCUT2D eigenvalue weighted by Gasteiger charge is 2.22. The van der Waals surface area contributed by atoms with Gasteiger partial charge >= 0.3 is 0 Å². The molecule has 1 aromatic heterocycles. The molecule has 4 rings (SSSR count). The van der Waals surface area contributed by atoms with E-state index in [0.29, 0.717) is 22.9 Å². The normalized spacial score (nSPS) is 13.0. The molecule has 0 unspecified atom stereocenters. The minimum absolute atomic E-state index is 0.119. The summed E-state index contributed by atoms with van der Waals surface area (Å²) < 4.78 is 40.1. The van der Waals surface area contributed by atoms with Crippen molar-refractivity contribution in [2.45, 2.75) is 11.8 Å². The van der Waals surface area contributed by atoms with Crippen LogP contribution in [-0.4, -0.2) is 25.0 Å². The zero-order chi connectivity index (χ0) is 17.4. The number of benzene rings is 2. The van der Waals surface area contributed by atoms with Gasteiger partial charge in [0.25, 0.3) is 10.0 Å². The van der Waals surface area contributed by atoms with Crippen LogP contribution in [0.2, 0.25) is 0 Å². The van der Waals surface area contributed by atoms with E-state index in [1.807, 2.05) is 30.3 Å². The summed E-state index contributed by atoms with van der Waals surface area (Å²) in [6, 6.07) is 14.2. The molecule has 2 heterocycles. The number of rotatable bonds is 4. The Labute approximate surface area is 144 Å². The molecule has 0 amide bonds. The molecule has 3 aromatic rings. The van der Waals surface area contributed by atoms with Crippen LogP contribution >= 0.6 is 0 Å². The molecule has 128 valence electrons. The van der Waals surface area contributed by atoms with Gasteiger partial charge < -0.3 is 9.47 Å². The number of anilines is 1. The molecule has 0 fully saturated rings. The van der Waals surface area contributed by atoms with E-state index in [0.717, 1.165) is 5.69 Å². The summed E-state index contributed by atoms with van der Waals surface area (Å²) in [5.74, 6) is 1.10. The number of aryl methyl sites for hydroxylation is 1. The van der Waals surface area contributed by atoms with Crippen molar-refractivity contribution >= 4 is 15.7 Å². The first-order chi connectivity index (χ1) is 12.0. The third kappa shape index (κ3) is 2.91. The molecule has 0 aliphatic carbocycles. The van der Waals surface area contributed by atoms with Gasteiger partial charge in [-0.25, -0.2) is 13.1 Å². The number of nitrogens with zero attached hydrogens (tertiary/aromatic N) is 2. The van der Waals surface area contributed by atoms with E-state index in [9.17, 15) is 8.42 Å². The smallest absolute Gasteiger partial charge is 0.265 e. The first-order valence-electron chi connectivity index (χ1n) is 7.57. The van der Waals surface area contributed by atoms with Gasteiger partial charge in [0.15, 0.2) is 11.5 Å². The SMILES string of the molecule is Cc1nn(-c2ccccc2)cc1S(=O)(=O)Nc1ccc2c(c1)OCO2. The maximum Gasteiger partial charge on any atom is 0.265 e. The van der Waals surface area contributed by atoms with Crippen molar-refractivity contribution in [3.8, 4) is 17.2 Å². The van der Waals surface area contributed by atoms with Crippen LogP contribution in [0, 0.1) is 6.92 Å². The van der Waals surface area contributed by atoms with Crippen molar-refractivity contribution in [1.29, 1.82) is 0 Å². The van der Waals surface area contributed by atoms with Gasteiger partial charge in [0, 0.05) is 6.07 Å². The van der Waals surface area contributed by atoms with E-state index in [1.165, 1.54) is 6.20 Å². The van der Waals surface area contributed by atoms with E-state index in [2.05, 4.69) is 9.82 Å². The third-order valence-electron chi connectivity index (χ3n) is 3.79. The average Bonchev–Trinajstić information content (AvgIpc) is 3.21. The molecule has 0 atom stereocenters. The summed E-state index contributed by atoms with van der Waals surface area (Å²) in [7, 11) is -3.78. The number of ether oxygens (including phenoxy) is 2. The molecule has 8 heteroatoms. The van der Waals surface area contributed by atoms with E-state index >= 15 is 0 Å². The largest absolute Gasteiger partial charge is 0.454 e. The number of fused-ring (bicyclic) bond motifs is 1. The van der Waals surface area contributed by atoms with Crippen LogP contribution < -0.4 is 14.2 Å². The minimum Gasteiger partial charge on any atom is -0.454 e. The highest BCUT2D eigenvalue weighted by molar-refractivity contribution is 7.92. The Kier molecular flexibility index (Phi) is 3.61. The number of hydrogen-bond donors (Lipinski definition) is 1. The van der Waals surface area contributed by atoms with Crippen LogP contribution in [-0.2, 0) is 10.0 Å². The summed E-state index contributed by atoms with van der Waals surface area (Å²) in [5.41, 5.74) is 1.60. The minimum atomic E-state index is -3.78. The second-order valence-corrected chi connectivity index (χ2v) is 7.18. The number of hydrogen-bond acceptors (Lipinski definition) is 5. The summed E-state index contributed by atoms with van der Waals surface area (Å²) in [6.45, 7) is 1.79. The van der Waals surface area contributed by atoms with Gasteiger partial charge in [0.1, 0.15) is 4.90 Å². The molecule has 1 N–H and O–H groups in total. The van der Waals surface area contributed by atoms with Crippen molar-refractivity contribution in [1.82, 2.24) is 9.78 Å². The van der Waals surface area contributed by atoms with E-state index in [1.54, 1.807) is 29.8 Å². The lowest BCUT2D eigenvalue weighted by Gasteiger charge is -2.07. The van der Waals surface area contributed by atoms with Gasteiger partial charge in [-0.2, -0.15) is 5.10 Å². The lowest BCUT2D eigenvalue weighted by Crippen LogP contribution is -2.13. The second-order valence-electron chi connectivity index (χ2n) is 5.53. The van der Waals surface area contributed by atoms with E-state index in [-0.39, 0.29) is 11.7 Å². The van der Waals surface area contributed by atoms with Crippen molar-refractivity contribution in [3.63, 3.8) is 0 Å². The first-order valence-corrected chi connectivity index (χ1v) is 9.05. The van der Waals surface area contributed by atoms with Crippen molar-refractivity contribution in [3.05, 3.63) is 60.4 Å². The van der Waals surface area contributed by atoms with Crippen LogP contribution in [0.15, 0.2) is 59.6 Å². The molecular formula is C17H15N3O4S. The molecule has 0 bridgehead atoms. The van der Waals surface area contributed by atoms with Gasteiger partial charge in [-0.15, -0.1) is 0 Å². The third-order valence-corrected chi connectivity index (χ3v) is 5.27. The standard InChI is InChI=1S/C17H15N3O4S/c1-12-17(10-20(18-12)14-5-3-2-4-6-14)25(21,22)19-13-7-8-15-16(9-13)24-11-23-15/h2-10,19H,11H2,1H3. The number of aromatic nitrogens is 2. The molecule has 1 aliphatic heterocycles. The summed E-state index contributed by atoms with van der Waals surface area (Å²) in [6.07, 6.45) is 1.50. The molecule has 2 aromatic carbocycles. The Bertz CT molecular complexity index is 1030. The number of sulfonamides is 1. The molecular weight excluding hydrogens is 342 g/mol. The molecule has 25 heavy (non-hydrogen) atoms. The zero-order valence-corrected chi connectivity index (χ0v) is 14.2. The Morgan fingerprint density at radius 2 is 1.84 bits per heavy atom. The maximum absolute atomic E-state index is 12.7. The van der Waals surface area contributed by atoms with Crippen LogP contribution in [0.5, 0.6) is 11.5 Å². The quantitative estimate of drug-likeness (QED) is 0.776. The first kappa shape index (κ1) is 15.5. The summed E-state index contributed by atoms with van der Waals surface area (Å²) >= 11 is 0. The lowest BCUT2D eigenvalue weighted by molar-refractivity contribution is 0.174. The molecule has 7 nitrogen and oxygen atoms in total. The molecule has 0 saturated heterocycles. The van der Waals surface area contributed by atoms with Gasteiger partial charge in [0.05, 0.1) is 23.3 Å². The van der Waals surface area contributed by atoms with Gasteiger partial charge in [-0.3, -0.25) is 4.72 Å². The van der Waals surface area contributed by atoms with Crippen LogP contribution in [0.1, 0.15) is 5.69 Å². The molecule has 1 aliphatic rings. The maximum atomic E-state index is 12.7. The zero-order valence-electron chi connectivity index (χ0n) is 13.3. The van der Waals surface area contributed by atoms with Crippen molar-refractivity contribution < 1.29 is 17.9 Å². The summed E-state index contributed by atoms with van der Waals surface area (Å²) in [5, 5.41) is 4.30. The lowest BCUT2D eigenvalue weighted by atomic mass is 10.3. The fourth-order valence-corrected chi connectivity index (χ4v) is 3.81. The molecule has 0 saturated carbocycles. The Hall–Kier alpha value is -3.00. The topological polar surface area (TPSA) is 82.5 Å². The monoisotopic (exact) mass is 357 g/mol. The number of para-hydroxylation sites is 1. The highest BCUT2D eigenvalue weighted by Crippen LogP contribution is 2.35. The fourth-order valence-electron chi connectivity index (χ4n) is 2.59. The van der Waals surface area contributed by atoms with Crippen molar-refractivity contribution in [2.24, 2.45) is 0 Å². The second kappa shape index (κ2) is 5.82. The Balaban J connectivity index is 1.65. The van der Waals surface area contributed by atoms with Gasteiger partial charge in [-0.1, -0.05) is 18.2 Å². The average molecular weight is 357 g/mol. The van der Waals surface area contributed by atoms with Crippen LogP contribution in [0.4, 0.5) is 5.69 Å².